The summed E-state index contributed by atoms with van der Waals surface area (Å²) in [5, 5.41) is 9.09. The average molecular weight is 513 g/mol. The molecule has 0 atom stereocenters. The number of hydrogen-bond acceptors (Lipinski definition) is 4. The van der Waals surface area contributed by atoms with Crippen LogP contribution in [0.15, 0.2) is 60.9 Å². The third kappa shape index (κ3) is 5.57. The number of pyridine rings is 1. The van der Waals surface area contributed by atoms with Crippen LogP contribution < -0.4 is 10.1 Å². The predicted octanol–water partition coefficient (Wildman–Crippen LogP) is 6.83. The van der Waals surface area contributed by atoms with E-state index in [4.69, 9.17) is 27.9 Å². The molecule has 1 fully saturated rings. The largest absolute Gasteiger partial charge is 0.489 e. The van der Waals surface area contributed by atoms with E-state index < -0.39 is 5.82 Å². The number of amides is 1. The van der Waals surface area contributed by atoms with Gasteiger partial charge in [-0.2, -0.15) is 5.10 Å². The first kappa shape index (κ1) is 23.6. The normalized spacial score (nSPS) is 17.9. The topological polar surface area (TPSA) is 69.0 Å². The number of rotatable bonds is 6. The van der Waals surface area contributed by atoms with E-state index in [2.05, 4.69) is 15.4 Å². The first-order chi connectivity index (χ1) is 16.9. The number of nitrogens with zero attached hydrogens (tertiary/aromatic N) is 3. The summed E-state index contributed by atoms with van der Waals surface area (Å²) in [6, 6.07) is 13.8. The molecular formula is C26H23Cl2FN4O2. The van der Waals surface area contributed by atoms with Gasteiger partial charge in [-0.15, -0.1) is 0 Å². The van der Waals surface area contributed by atoms with Crippen LogP contribution in [-0.4, -0.2) is 20.7 Å². The molecule has 9 heteroatoms. The molecule has 4 aromatic rings. The molecule has 1 N–H and O–H groups in total. The zero-order chi connectivity index (χ0) is 24.4. The van der Waals surface area contributed by atoms with E-state index in [0.29, 0.717) is 16.6 Å². The second-order valence-electron chi connectivity index (χ2n) is 8.72. The highest BCUT2D eigenvalue weighted by atomic mass is 35.5. The number of carbonyl (C=O) groups excluding carboxylic acids is 1. The molecule has 0 spiro atoms. The standard InChI is InChI=1S/C26H23Cl2FN4O2/c27-19-4-9-24-18(11-19)3-10-25(31-24)32-26(34)17-1-5-20(6-2-17)33-14-16(13-30-33)15-35-21-7-8-22(28)23(29)12-21/h3-4,7-14,17,20H,1-2,5-6,15H2,(H,31,32,34). The fourth-order valence-corrected chi connectivity index (χ4v) is 4.68. The lowest BCUT2D eigenvalue weighted by Gasteiger charge is -2.27. The monoisotopic (exact) mass is 512 g/mol. The number of nitrogens with one attached hydrogen (secondary N) is 1. The van der Waals surface area contributed by atoms with Crippen LogP contribution in [0, 0.1) is 11.7 Å². The van der Waals surface area contributed by atoms with Gasteiger partial charge in [0, 0.05) is 34.2 Å². The Labute approximate surface area is 212 Å². The fraction of sp³-hybridized carbons (Fsp3) is 0.269. The van der Waals surface area contributed by atoms with E-state index in [1.54, 1.807) is 24.4 Å². The van der Waals surface area contributed by atoms with Gasteiger partial charge in [0.05, 0.1) is 22.8 Å². The molecule has 2 heterocycles. The number of halogens is 3. The van der Waals surface area contributed by atoms with Crippen molar-refractivity contribution in [3.8, 4) is 5.75 Å². The van der Waals surface area contributed by atoms with Gasteiger partial charge in [0.1, 0.15) is 24.0 Å². The van der Waals surface area contributed by atoms with Crippen LogP contribution in [0.5, 0.6) is 5.75 Å². The van der Waals surface area contributed by atoms with Gasteiger partial charge in [0.15, 0.2) is 0 Å². The van der Waals surface area contributed by atoms with Crippen LogP contribution in [-0.2, 0) is 11.4 Å². The van der Waals surface area contributed by atoms with Gasteiger partial charge in [-0.25, -0.2) is 9.37 Å². The summed E-state index contributed by atoms with van der Waals surface area (Å²) in [6.07, 6.45) is 6.95. The second-order valence-corrected chi connectivity index (χ2v) is 9.57. The van der Waals surface area contributed by atoms with Crippen LogP contribution in [0.3, 0.4) is 0 Å². The Hall–Kier alpha value is -3.16. The zero-order valence-electron chi connectivity index (χ0n) is 18.8. The third-order valence-electron chi connectivity index (χ3n) is 6.30. The van der Waals surface area contributed by atoms with E-state index in [-0.39, 0.29) is 29.5 Å². The van der Waals surface area contributed by atoms with Crippen molar-refractivity contribution in [3.05, 3.63) is 82.4 Å². The van der Waals surface area contributed by atoms with Crippen LogP contribution in [0.25, 0.3) is 10.9 Å². The van der Waals surface area contributed by atoms with Crippen LogP contribution in [0.2, 0.25) is 10.0 Å². The van der Waals surface area contributed by atoms with Gasteiger partial charge in [0.25, 0.3) is 0 Å². The maximum atomic E-state index is 13.6. The highest BCUT2D eigenvalue weighted by Gasteiger charge is 2.28. The molecule has 0 bridgehead atoms. The maximum absolute atomic E-state index is 13.6. The molecule has 35 heavy (non-hydrogen) atoms. The minimum absolute atomic E-state index is 0.00554. The molecule has 0 aliphatic heterocycles. The molecule has 0 saturated heterocycles. The number of fused-ring (bicyclic) bond motifs is 1. The van der Waals surface area contributed by atoms with Gasteiger partial charge < -0.3 is 10.1 Å². The summed E-state index contributed by atoms with van der Waals surface area (Å²) in [5.41, 5.74) is 1.68. The van der Waals surface area contributed by atoms with Crippen LogP contribution >= 0.6 is 23.2 Å². The van der Waals surface area contributed by atoms with Gasteiger partial charge >= 0.3 is 0 Å². The Morgan fingerprint density at radius 1 is 1.09 bits per heavy atom. The molecule has 5 rings (SSSR count). The van der Waals surface area contributed by atoms with E-state index in [0.717, 1.165) is 42.1 Å². The lowest BCUT2D eigenvalue weighted by atomic mass is 9.85. The summed E-state index contributed by atoms with van der Waals surface area (Å²) in [4.78, 5) is 17.3. The first-order valence-electron chi connectivity index (χ1n) is 11.4. The number of hydrogen-bond donors (Lipinski definition) is 1. The van der Waals surface area contributed by atoms with Gasteiger partial charge in [0.2, 0.25) is 5.91 Å². The van der Waals surface area contributed by atoms with Crippen LogP contribution in [0.4, 0.5) is 10.2 Å². The lowest BCUT2D eigenvalue weighted by Crippen LogP contribution is -2.28. The molecule has 2 aromatic heterocycles. The minimum atomic E-state index is -0.512. The maximum Gasteiger partial charge on any atom is 0.228 e. The van der Waals surface area contributed by atoms with Crippen molar-refractivity contribution in [2.24, 2.45) is 5.92 Å². The summed E-state index contributed by atoms with van der Waals surface area (Å²) < 4.78 is 21.2. The van der Waals surface area contributed by atoms with Gasteiger partial charge in [-0.05, 0) is 68.1 Å². The molecular weight excluding hydrogens is 490 g/mol. The number of anilines is 1. The third-order valence-corrected chi connectivity index (χ3v) is 6.84. The molecule has 6 nitrogen and oxygen atoms in total. The van der Waals surface area contributed by atoms with E-state index in [9.17, 15) is 9.18 Å². The highest BCUT2D eigenvalue weighted by Crippen LogP contribution is 2.33. The molecule has 180 valence electrons. The fourth-order valence-electron chi connectivity index (χ4n) is 4.38. The number of carbonyl (C=O) groups is 1. The van der Waals surface area contributed by atoms with E-state index in [1.165, 1.54) is 12.1 Å². The Balaban J connectivity index is 1.13. The number of benzene rings is 2. The van der Waals surface area contributed by atoms with Gasteiger partial charge in [-0.3, -0.25) is 9.48 Å². The SMILES string of the molecule is O=C(Nc1ccc2cc(Cl)ccc2n1)C1CCC(n2cc(COc3ccc(Cl)c(F)c3)cn2)CC1. The van der Waals surface area contributed by atoms with Crippen molar-refractivity contribution in [2.45, 2.75) is 38.3 Å². The Kier molecular flexibility index (Phi) is 6.88. The van der Waals surface area contributed by atoms with Crippen molar-refractivity contribution in [2.75, 3.05) is 5.32 Å². The average Bonchev–Trinajstić information content (AvgIpc) is 3.34. The van der Waals surface area contributed by atoms with Crippen molar-refractivity contribution < 1.29 is 13.9 Å². The summed E-state index contributed by atoms with van der Waals surface area (Å²) >= 11 is 11.7. The smallest absolute Gasteiger partial charge is 0.228 e. The molecule has 1 aliphatic rings. The van der Waals surface area contributed by atoms with Crippen molar-refractivity contribution in [3.63, 3.8) is 0 Å². The Morgan fingerprint density at radius 2 is 1.91 bits per heavy atom. The summed E-state index contributed by atoms with van der Waals surface area (Å²) in [7, 11) is 0. The van der Waals surface area contributed by atoms with E-state index >= 15 is 0 Å². The number of aromatic nitrogens is 3. The predicted molar refractivity (Wildman–Crippen MR) is 134 cm³/mol. The molecule has 1 saturated carbocycles. The van der Waals surface area contributed by atoms with Crippen molar-refractivity contribution >= 4 is 45.8 Å². The molecule has 1 aliphatic carbocycles. The van der Waals surface area contributed by atoms with Crippen molar-refractivity contribution in [1.82, 2.24) is 14.8 Å². The number of ether oxygens (including phenoxy) is 1. The quantitative estimate of drug-likeness (QED) is 0.307. The molecule has 1 amide bonds. The Bertz CT molecular complexity index is 1370. The summed E-state index contributed by atoms with van der Waals surface area (Å²) in [5.74, 6) is 0.378. The first-order valence-corrected chi connectivity index (χ1v) is 12.2. The van der Waals surface area contributed by atoms with Crippen molar-refractivity contribution in [1.29, 1.82) is 0 Å². The second kappa shape index (κ2) is 10.2. The van der Waals surface area contributed by atoms with E-state index in [1.807, 2.05) is 29.1 Å². The van der Waals surface area contributed by atoms with Crippen LogP contribution in [0.1, 0.15) is 37.3 Å². The lowest BCUT2D eigenvalue weighted by molar-refractivity contribution is -0.121. The highest BCUT2D eigenvalue weighted by molar-refractivity contribution is 6.31. The minimum Gasteiger partial charge on any atom is -0.489 e. The summed E-state index contributed by atoms with van der Waals surface area (Å²) in [6.45, 7) is 0.282. The molecule has 0 radical (unpaired) electrons. The molecule has 0 unspecified atom stereocenters. The Morgan fingerprint density at radius 3 is 2.71 bits per heavy atom. The zero-order valence-corrected chi connectivity index (χ0v) is 20.3. The molecule has 2 aromatic carbocycles. The van der Waals surface area contributed by atoms with Gasteiger partial charge in [-0.1, -0.05) is 23.2 Å².